The predicted molar refractivity (Wildman–Crippen MR) is 105 cm³/mol. The van der Waals surface area contributed by atoms with E-state index >= 15 is 0 Å². The SMILES string of the molecule is CCN1CCN(c2cc(-c3ccccc3)nc(N(CC)CC)n2)CC1. The summed E-state index contributed by atoms with van der Waals surface area (Å²) in [4.78, 5) is 16.9. The Labute approximate surface area is 151 Å². The second-order valence-corrected chi connectivity index (χ2v) is 6.37. The van der Waals surface area contributed by atoms with Crippen LogP contribution in [0.5, 0.6) is 0 Å². The Kier molecular flexibility index (Phi) is 5.87. The van der Waals surface area contributed by atoms with Crippen LogP contribution in [0, 0.1) is 0 Å². The Morgan fingerprint density at radius 1 is 0.920 bits per heavy atom. The van der Waals surface area contributed by atoms with Gasteiger partial charge in [-0.1, -0.05) is 37.3 Å². The third-order valence-corrected chi connectivity index (χ3v) is 4.96. The van der Waals surface area contributed by atoms with Gasteiger partial charge in [0.05, 0.1) is 5.69 Å². The molecule has 2 aromatic rings. The Bertz CT molecular complexity index is 661. The molecule has 1 saturated heterocycles. The first kappa shape index (κ1) is 17.7. The van der Waals surface area contributed by atoms with Crippen molar-refractivity contribution < 1.29 is 0 Å². The maximum absolute atomic E-state index is 4.90. The van der Waals surface area contributed by atoms with Gasteiger partial charge in [-0.05, 0) is 20.4 Å². The summed E-state index contributed by atoms with van der Waals surface area (Å²) in [5.41, 5.74) is 2.15. The molecule has 1 fully saturated rings. The topological polar surface area (TPSA) is 35.5 Å². The largest absolute Gasteiger partial charge is 0.354 e. The van der Waals surface area contributed by atoms with E-state index in [9.17, 15) is 0 Å². The van der Waals surface area contributed by atoms with Gasteiger partial charge in [0.15, 0.2) is 0 Å². The fourth-order valence-corrected chi connectivity index (χ4v) is 3.28. The van der Waals surface area contributed by atoms with Crippen molar-refractivity contribution in [3.05, 3.63) is 36.4 Å². The molecule has 0 unspecified atom stereocenters. The molecule has 0 bridgehead atoms. The van der Waals surface area contributed by atoms with Gasteiger partial charge >= 0.3 is 0 Å². The van der Waals surface area contributed by atoms with Crippen molar-refractivity contribution in [3.8, 4) is 11.3 Å². The second kappa shape index (κ2) is 8.30. The highest BCUT2D eigenvalue weighted by atomic mass is 15.3. The molecule has 1 aromatic carbocycles. The van der Waals surface area contributed by atoms with Crippen molar-refractivity contribution >= 4 is 11.8 Å². The van der Waals surface area contributed by atoms with E-state index in [0.717, 1.165) is 68.8 Å². The van der Waals surface area contributed by atoms with E-state index in [0.29, 0.717) is 0 Å². The zero-order valence-electron chi connectivity index (χ0n) is 15.6. The first-order chi connectivity index (χ1) is 12.2. The number of benzene rings is 1. The smallest absolute Gasteiger partial charge is 0.227 e. The van der Waals surface area contributed by atoms with E-state index in [2.05, 4.69) is 65.8 Å². The highest BCUT2D eigenvalue weighted by Gasteiger charge is 2.19. The first-order valence-corrected chi connectivity index (χ1v) is 9.41. The highest BCUT2D eigenvalue weighted by Crippen LogP contribution is 2.25. The molecule has 0 saturated carbocycles. The lowest BCUT2D eigenvalue weighted by Gasteiger charge is -2.35. The maximum atomic E-state index is 4.90. The molecular weight excluding hydrogens is 310 g/mol. The van der Waals surface area contributed by atoms with Crippen LogP contribution in [0.3, 0.4) is 0 Å². The van der Waals surface area contributed by atoms with Crippen molar-refractivity contribution in [1.82, 2.24) is 14.9 Å². The van der Waals surface area contributed by atoms with Gasteiger partial charge < -0.3 is 14.7 Å². The molecule has 0 radical (unpaired) electrons. The molecular formula is C20H29N5. The average molecular weight is 339 g/mol. The molecule has 1 aromatic heterocycles. The van der Waals surface area contributed by atoms with Gasteiger partial charge in [-0.2, -0.15) is 4.98 Å². The average Bonchev–Trinajstić information content (AvgIpc) is 2.69. The van der Waals surface area contributed by atoms with Gasteiger partial charge in [0.1, 0.15) is 5.82 Å². The fraction of sp³-hybridized carbons (Fsp3) is 0.500. The number of hydrogen-bond acceptors (Lipinski definition) is 5. The molecule has 0 spiro atoms. The predicted octanol–water partition coefficient (Wildman–Crippen LogP) is 3.13. The van der Waals surface area contributed by atoms with E-state index in [1.54, 1.807) is 0 Å². The molecule has 0 N–H and O–H groups in total. The number of likely N-dealkylation sites (N-methyl/N-ethyl adjacent to an activating group) is 1. The summed E-state index contributed by atoms with van der Waals surface area (Å²) >= 11 is 0. The van der Waals surface area contributed by atoms with Gasteiger partial charge in [0.2, 0.25) is 5.95 Å². The minimum absolute atomic E-state index is 0.833. The molecule has 0 aliphatic carbocycles. The van der Waals surface area contributed by atoms with Crippen LogP contribution in [0.2, 0.25) is 0 Å². The van der Waals surface area contributed by atoms with E-state index in [4.69, 9.17) is 9.97 Å². The number of hydrogen-bond donors (Lipinski definition) is 0. The van der Waals surface area contributed by atoms with Crippen LogP contribution >= 0.6 is 0 Å². The summed E-state index contributed by atoms with van der Waals surface area (Å²) in [6, 6.07) is 12.5. The van der Waals surface area contributed by atoms with E-state index in [1.165, 1.54) is 0 Å². The van der Waals surface area contributed by atoms with Crippen LogP contribution < -0.4 is 9.80 Å². The first-order valence-electron chi connectivity index (χ1n) is 9.41. The molecule has 3 rings (SSSR count). The number of aromatic nitrogens is 2. The molecule has 25 heavy (non-hydrogen) atoms. The van der Waals surface area contributed by atoms with Crippen LogP contribution in [0.15, 0.2) is 36.4 Å². The number of anilines is 2. The van der Waals surface area contributed by atoms with Crippen molar-refractivity contribution in [2.24, 2.45) is 0 Å². The Hall–Kier alpha value is -2.14. The summed E-state index contributed by atoms with van der Waals surface area (Å²) in [7, 11) is 0. The summed E-state index contributed by atoms with van der Waals surface area (Å²) in [5, 5.41) is 0. The standard InChI is InChI=1S/C20H29N5/c1-4-23-12-14-25(15-13-23)19-16-18(17-10-8-7-9-11-17)21-20(22-19)24(5-2)6-3/h7-11,16H,4-6,12-15H2,1-3H3. The van der Waals surface area contributed by atoms with Gasteiger partial charge in [-0.25, -0.2) is 4.98 Å². The molecule has 0 amide bonds. The summed E-state index contributed by atoms with van der Waals surface area (Å²) < 4.78 is 0. The number of rotatable bonds is 6. The molecule has 5 heteroatoms. The molecule has 134 valence electrons. The monoisotopic (exact) mass is 339 g/mol. The molecule has 1 aliphatic rings. The van der Waals surface area contributed by atoms with Crippen LogP contribution in [0.25, 0.3) is 11.3 Å². The van der Waals surface area contributed by atoms with Crippen molar-refractivity contribution in [3.63, 3.8) is 0 Å². The van der Waals surface area contributed by atoms with Crippen molar-refractivity contribution in [2.75, 3.05) is 55.6 Å². The van der Waals surface area contributed by atoms with Crippen LogP contribution in [0.1, 0.15) is 20.8 Å². The summed E-state index contributed by atoms with van der Waals surface area (Å²) in [6.45, 7) is 13.7. The zero-order valence-corrected chi connectivity index (χ0v) is 15.6. The van der Waals surface area contributed by atoms with Gasteiger partial charge in [0.25, 0.3) is 0 Å². The van der Waals surface area contributed by atoms with Crippen LogP contribution in [-0.2, 0) is 0 Å². The lowest BCUT2D eigenvalue weighted by Crippen LogP contribution is -2.46. The minimum Gasteiger partial charge on any atom is -0.354 e. The normalized spacial score (nSPS) is 15.4. The molecule has 2 heterocycles. The van der Waals surface area contributed by atoms with E-state index in [-0.39, 0.29) is 0 Å². The third kappa shape index (κ3) is 4.10. The quantitative estimate of drug-likeness (QED) is 0.808. The van der Waals surface area contributed by atoms with Crippen LogP contribution in [-0.4, -0.2) is 60.7 Å². The zero-order chi connectivity index (χ0) is 17.6. The van der Waals surface area contributed by atoms with E-state index < -0.39 is 0 Å². The lowest BCUT2D eigenvalue weighted by atomic mass is 10.1. The maximum Gasteiger partial charge on any atom is 0.227 e. The Morgan fingerprint density at radius 3 is 2.20 bits per heavy atom. The lowest BCUT2D eigenvalue weighted by molar-refractivity contribution is 0.270. The van der Waals surface area contributed by atoms with Crippen molar-refractivity contribution in [2.45, 2.75) is 20.8 Å². The second-order valence-electron chi connectivity index (χ2n) is 6.37. The molecule has 0 atom stereocenters. The molecule has 1 aliphatic heterocycles. The summed E-state index contributed by atoms with van der Waals surface area (Å²) in [6.07, 6.45) is 0. The Morgan fingerprint density at radius 2 is 1.60 bits per heavy atom. The van der Waals surface area contributed by atoms with Gasteiger partial charge in [-0.3, -0.25) is 0 Å². The van der Waals surface area contributed by atoms with Gasteiger partial charge in [0, 0.05) is 50.9 Å². The third-order valence-electron chi connectivity index (χ3n) is 4.96. The minimum atomic E-state index is 0.833. The highest BCUT2D eigenvalue weighted by molar-refractivity contribution is 5.65. The summed E-state index contributed by atoms with van der Waals surface area (Å²) in [5.74, 6) is 1.88. The molecule has 5 nitrogen and oxygen atoms in total. The van der Waals surface area contributed by atoms with Crippen LogP contribution in [0.4, 0.5) is 11.8 Å². The number of nitrogens with zero attached hydrogens (tertiary/aromatic N) is 5. The van der Waals surface area contributed by atoms with E-state index in [1.807, 2.05) is 6.07 Å². The number of piperazine rings is 1. The Balaban J connectivity index is 1.95. The fourth-order valence-electron chi connectivity index (χ4n) is 3.28. The van der Waals surface area contributed by atoms with Gasteiger partial charge in [-0.15, -0.1) is 0 Å². The van der Waals surface area contributed by atoms with Crippen molar-refractivity contribution in [1.29, 1.82) is 0 Å².